The maximum atomic E-state index is 11.8. The van der Waals surface area contributed by atoms with Gasteiger partial charge in [-0.25, -0.2) is 4.79 Å². The molecule has 0 saturated carbocycles. The van der Waals surface area contributed by atoms with Gasteiger partial charge in [-0.1, -0.05) is 12.1 Å². The summed E-state index contributed by atoms with van der Waals surface area (Å²) in [7, 11) is 0. The van der Waals surface area contributed by atoms with Crippen molar-refractivity contribution < 1.29 is 14.7 Å². The van der Waals surface area contributed by atoms with E-state index in [0.717, 1.165) is 9.77 Å². The van der Waals surface area contributed by atoms with Gasteiger partial charge < -0.3 is 5.11 Å². The number of benzene rings is 1. The maximum absolute atomic E-state index is 11.8. The lowest BCUT2D eigenvalue weighted by atomic mass is 10.2. The van der Waals surface area contributed by atoms with Gasteiger partial charge in [0, 0.05) is 4.90 Å². The van der Waals surface area contributed by atoms with Gasteiger partial charge in [-0.15, -0.1) is 23.1 Å². The standard InChI is InChI=1S/C13H10O3S2/c14-11(12-5-2-6-17-12)8-18-10-4-1-3-9(7-10)13(15)16/h1-7H,8H2,(H,15,16). The topological polar surface area (TPSA) is 54.4 Å². The first-order valence-electron chi connectivity index (χ1n) is 5.19. The lowest BCUT2D eigenvalue weighted by molar-refractivity contribution is 0.0696. The third kappa shape index (κ3) is 3.21. The molecule has 3 nitrogen and oxygen atoms in total. The molecule has 2 aromatic rings. The van der Waals surface area contributed by atoms with Crippen LogP contribution in [0, 0.1) is 0 Å². The minimum absolute atomic E-state index is 0.0655. The molecule has 1 heterocycles. The molecule has 18 heavy (non-hydrogen) atoms. The van der Waals surface area contributed by atoms with Gasteiger partial charge in [-0.3, -0.25) is 4.79 Å². The van der Waals surface area contributed by atoms with Crippen molar-refractivity contribution in [3.63, 3.8) is 0 Å². The van der Waals surface area contributed by atoms with E-state index in [2.05, 4.69) is 0 Å². The lowest BCUT2D eigenvalue weighted by Crippen LogP contribution is -2.00. The molecule has 0 fully saturated rings. The van der Waals surface area contributed by atoms with Gasteiger partial charge in [0.2, 0.25) is 0 Å². The van der Waals surface area contributed by atoms with E-state index in [1.165, 1.54) is 29.2 Å². The molecule has 0 amide bonds. The monoisotopic (exact) mass is 278 g/mol. The lowest BCUT2D eigenvalue weighted by Gasteiger charge is -2.01. The fraction of sp³-hybridized carbons (Fsp3) is 0.0769. The van der Waals surface area contributed by atoms with E-state index in [-0.39, 0.29) is 11.3 Å². The van der Waals surface area contributed by atoms with Crippen molar-refractivity contribution in [3.05, 3.63) is 52.2 Å². The smallest absolute Gasteiger partial charge is 0.335 e. The molecule has 0 aliphatic heterocycles. The molecule has 5 heteroatoms. The molecule has 1 N–H and O–H groups in total. The number of thiophene rings is 1. The van der Waals surface area contributed by atoms with Crippen LogP contribution in [0.2, 0.25) is 0 Å². The number of carboxylic acids is 1. The Bertz CT molecular complexity index is 561. The first-order chi connectivity index (χ1) is 8.66. The molecule has 92 valence electrons. The van der Waals surface area contributed by atoms with Crippen LogP contribution in [0.25, 0.3) is 0 Å². The number of rotatable bonds is 5. The highest BCUT2D eigenvalue weighted by atomic mass is 32.2. The van der Waals surface area contributed by atoms with Crippen LogP contribution in [-0.4, -0.2) is 22.6 Å². The predicted octanol–water partition coefficient (Wildman–Crippen LogP) is 3.42. The average molecular weight is 278 g/mol. The third-order valence-corrected chi connectivity index (χ3v) is 4.15. The predicted molar refractivity (Wildman–Crippen MR) is 72.8 cm³/mol. The van der Waals surface area contributed by atoms with Crippen LogP contribution < -0.4 is 0 Å². The van der Waals surface area contributed by atoms with Crippen LogP contribution in [-0.2, 0) is 0 Å². The minimum Gasteiger partial charge on any atom is -0.478 e. The van der Waals surface area contributed by atoms with E-state index in [0.29, 0.717) is 5.75 Å². The Balaban J connectivity index is 2.00. The summed E-state index contributed by atoms with van der Waals surface area (Å²) in [5, 5.41) is 10.7. The van der Waals surface area contributed by atoms with Gasteiger partial charge in [0.05, 0.1) is 16.2 Å². The van der Waals surface area contributed by atoms with Crippen LogP contribution in [0.15, 0.2) is 46.7 Å². The molecule has 0 aliphatic rings. The van der Waals surface area contributed by atoms with Crippen LogP contribution in [0.4, 0.5) is 0 Å². The maximum Gasteiger partial charge on any atom is 0.335 e. The van der Waals surface area contributed by atoms with Crippen molar-refractivity contribution in [2.75, 3.05) is 5.75 Å². The van der Waals surface area contributed by atoms with E-state index >= 15 is 0 Å². The third-order valence-electron chi connectivity index (χ3n) is 2.25. The van der Waals surface area contributed by atoms with E-state index in [9.17, 15) is 9.59 Å². The molecule has 0 bridgehead atoms. The second-order valence-corrected chi connectivity index (χ2v) is 5.52. The summed E-state index contributed by atoms with van der Waals surface area (Å²) in [5.41, 5.74) is 0.239. The average Bonchev–Trinajstić information content (AvgIpc) is 2.90. The number of aromatic carboxylic acids is 1. The van der Waals surface area contributed by atoms with Crippen LogP contribution in [0.3, 0.4) is 0 Å². The van der Waals surface area contributed by atoms with Gasteiger partial charge in [0.25, 0.3) is 0 Å². The molecule has 0 radical (unpaired) electrons. The summed E-state index contributed by atoms with van der Waals surface area (Å²) in [6, 6.07) is 10.2. The van der Waals surface area contributed by atoms with E-state index in [4.69, 9.17) is 5.11 Å². The highest BCUT2D eigenvalue weighted by Crippen LogP contribution is 2.21. The minimum atomic E-state index is -0.956. The molecule has 2 rings (SSSR count). The summed E-state index contributed by atoms with van der Waals surface area (Å²) in [5.74, 6) is -0.568. The molecular formula is C13H10O3S2. The zero-order valence-corrected chi connectivity index (χ0v) is 11.0. The first kappa shape index (κ1) is 12.9. The second-order valence-electron chi connectivity index (χ2n) is 3.52. The number of carbonyl (C=O) groups is 2. The highest BCUT2D eigenvalue weighted by Gasteiger charge is 2.08. The van der Waals surface area contributed by atoms with Crippen molar-refractivity contribution in [1.82, 2.24) is 0 Å². The summed E-state index contributed by atoms with van der Waals surface area (Å²) in [6.07, 6.45) is 0. The molecule has 1 aromatic carbocycles. The fourth-order valence-electron chi connectivity index (χ4n) is 1.38. The number of carbonyl (C=O) groups excluding carboxylic acids is 1. The SMILES string of the molecule is O=C(O)c1cccc(SCC(=O)c2cccs2)c1. The van der Waals surface area contributed by atoms with Gasteiger partial charge in [-0.2, -0.15) is 0 Å². The Morgan fingerprint density at radius 1 is 1.22 bits per heavy atom. The van der Waals surface area contributed by atoms with Gasteiger partial charge >= 0.3 is 5.97 Å². The Hall–Kier alpha value is -1.59. The zero-order chi connectivity index (χ0) is 13.0. The molecule has 0 spiro atoms. The van der Waals surface area contributed by atoms with Crippen LogP contribution in [0.5, 0.6) is 0 Å². The summed E-state index contributed by atoms with van der Waals surface area (Å²) < 4.78 is 0. The van der Waals surface area contributed by atoms with Gasteiger partial charge in [-0.05, 0) is 29.6 Å². The molecule has 1 aromatic heterocycles. The second kappa shape index (κ2) is 5.84. The Kier molecular flexibility index (Phi) is 4.17. The fourth-order valence-corrected chi connectivity index (χ4v) is 2.97. The first-order valence-corrected chi connectivity index (χ1v) is 7.06. The highest BCUT2D eigenvalue weighted by molar-refractivity contribution is 8.00. The van der Waals surface area contributed by atoms with Crippen LogP contribution >= 0.6 is 23.1 Å². The molecule has 0 unspecified atom stereocenters. The number of thioether (sulfide) groups is 1. The number of hydrogen-bond acceptors (Lipinski definition) is 4. The number of ketones is 1. The van der Waals surface area contributed by atoms with E-state index < -0.39 is 5.97 Å². The number of carboxylic acid groups (broad SMARTS) is 1. The Morgan fingerprint density at radius 2 is 2.06 bits per heavy atom. The quantitative estimate of drug-likeness (QED) is 0.672. The molecule has 0 saturated heterocycles. The number of hydrogen-bond donors (Lipinski definition) is 1. The molecule has 0 aliphatic carbocycles. The Labute approximate surface area is 112 Å². The van der Waals surface area contributed by atoms with Crippen molar-refractivity contribution in [2.24, 2.45) is 0 Å². The van der Waals surface area contributed by atoms with Crippen molar-refractivity contribution in [1.29, 1.82) is 0 Å². The van der Waals surface area contributed by atoms with E-state index in [1.54, 1.807) is 24.3 Å². The van der Waals surface area contributed by atoms with Crippen molar-refractivity contribution in [3.8, 4) is 0 Å². The van der Waals surface area contributed by atoms with Gasteiger partial charge in [0.15, 0.2) is 5.78 Å². The van der Waals surface area contributed by atoms with Gasteiger partial charge in [0.1, 0.15) is 0 Å². The number of Topliss-reactive ketones (excluding diaryl/α,β-unsaturated/α-hetero) is 1. The zero-order valence-electron chi connectivity index (χ0n) is 9.33. The van der Waals surface area contributed by atoms with Crippen molar-refractivity contribution >= 4 is 34.9 Å². The molecule has 0 atom stereocenters. The van der Waals surface area contributed by atoms with Crippen LogP contribution in [0.1, 0.15) is 20.0 Å². The molecular weight excluding hydrogens is 268 g/mol. The normalized spacial score (nSPS) is 10.2. The Morgan fingerprint density at radius 3 is 2.72 bits per heavy atom. The largest absolute Gasteiger partial charge is 0.478 e. The van der Waals surface area contributed by atoms with Crippen molar-refractivity contribution in [2.45, 2.75) is 4.90 Å². The summed E-state index contributed by atoms with van der Waals surface area (Å²) in [6.45, 7) is 0. The summed E-state index contributed by atoms with van der Waals surface area (Å²) >= 11 is 2.77. The summed E-state index contributed by atoms with van der Waals surface area (Å²) in [4.78, 5) is 24.1. The van der Waals surface area contributed by atoms with E-state index in [1.807, 2.05) is 11.4 Å².